The molecular formula is C23H22FN3O3. The number of rotatable bonds is 4. The Morgan fingerprint density at radius 2 is 1.97 bits per heavy atom. The zero-order valence-electron chi connectivity index (χ0n) is 16.7. The third-order valence-electron chi connectivity index (χ3n) is 6.21. The summed E-state index contributed by atoms with van der Waals surface area (Å²) < 4.78 is 15.7. The van der Waals surface area contributed by atoms with Gasteiger partial charge in [0.05, 0.1) is 17.2 Å². The summed E-state index contributed by atoms with van der Waals surface area (Å²) in [7, 11) is 0. The second-order valence-electron chi connectivity index (χ2n) is 8.53. The van der Waals surface area contributed by atoms with Crippen molar-refractivity contribution in [1.82, 2.24) is 14.8 Å². The summed E-state index contributed by atoms with van der Waals surface area (Å²) in [4.78, 5) is 11.5. The van der Waals surface area contributed by atoms with Crippen LogP contribution in [0.1, 0.15) is 49.8 Å². The molecule has 0 aliphatic heterocycles. The molecule has 0 radical (unpaired) electrons. The van der Waals surface area contributed by atoms with Crippen LogP contribution in [0, 0.1) is 5.82 Å². The van der Waals surface area contributed by atoms with Crippen LogP contribution >= 0.6 is 0 Å². The van der Waals surface area contributed by atoms with Crippen molar-refractivity contribution in [1.29, 1.82) is 0 Å². The molecule has 154 valence electrons. The third-order valence-corrected chi connectivity index (χ3v) is 6.21. The van der Waals surface area contributed by atoms with E-state index in [9.17, 15) is 19.4 Å². The third kappa shape index (κ3) is 2.65. The lowest BCUT2D eigenvalue weighted by atomic mass is 9.67. The number of hydrogen-bond donors (Lipinski definition) is 3. The smallest absolute Gasteiger partial charge is 0.335 e. The van der Waals surface area contributed by atoms with Crippen LogP contribution in [0.15, 0.2) is 42.6 Å². The van der Waals surface area contributed by atoms with Gasteiger partial charge in [-0.25, -0.2) is 9.18 Å². The molecule has 30 heavy (non-hydrogen) atoms. The van der Waals surface area contributed by atoms with E-state index in [1.165, 1.54) is 12.1 Å². The van der Waals surface area contributed by atoms with E-state index in [1.807, 2.05) is 6.07 Å². The molecule has 7 heteroatoms. The van der Waals surface area contributed by atoms with E-state index in [4.69, 9.17) is 0 Å². The molecule has 2 aromatic heterocycles. The molecule has 0 bridgehead atoms. The van der Waals surface area contributed by atoms with Crippen molar-refractivity contribution in [3.8, 4) is 5.69 Å². The van der Waals surface area contributed by atoms with Crippen LogP contribution in [0.2, 0.25) is 0 Å². The number of hydrogen-bond acceptors (Lipinski definition) is 3. The van der Waals surface area contributed by atoms with Gasteiger partial charge in [-0.1, -0.05) is 13.8 Å². The first-order chi connectivity index (χ1) is 14.3. The van der Waals surface area contributed by atoms with Gasteiger partial charge >= 0.3 is 5.97 Å². The Labute approximate surface area is 171 Å². The van der Waals surface area contributed by atoms with Crippen LogP contribution in [0.5, 0.6) is 0 Å². The molecule has 2 heterocycles. The van der Waals surface area contributed by atoms with Gasteiger partial charge in [-0.2, -0.15) is 5.10 Å². The van der Waals surface area contributed by atoms with E-state index in [-0.39, 0.29) is 30.5 Å². The molecule has 0 amide bonds. The van der Waals surface area contributed by atoms with E-state index in [1.54, 1.807) is 18.3 Å². The Morgan fingerprint density at radius 1 is 1.27 bits per heavy atom. The fraction of sp³-hybridized carbons (Fsp3) is 0.304. The van der Waals surface area contributed by atoms with Crippen LogP contribution in [0.25, 0.3) is 27.5 Å². The molecular weight excluding hydrogens is 385 g/mol. The number of carboxylic acid groups (broad SMARTS) is 1. The minimum Gasteiger partial charge on any atom is -0.479 e. The van der Waals surface area contributed by atoms with Crippen molar-refractivity contribution in [2.45, 2.75) is 44.1 Å². The monoisotopic (exact) mass is 407 g/mol. The molecule has 5 rings (SSSR count). The quantitative estimate of drug-likeness (QED) is 0.466. The highest BCUT2D eigenvalue weighted by Crippen LogP contribution is 2.51. The molecule has 1 aliphatic rings. The molecule has 3 N–H and O–H groups in total. The number of aliphatic carboxylic acids is 1. The average Bonchev–Trinajstić information content (AvgIpc) is 3.26. The summed E-state index contributed by atoms with van der Waals surface area (Å²) in [5.74, 6) is -1.42. The van der Waals surface area contributed by atoms with Crippen LogP contribution in [0.4, 0.5) is 4.39 Å². The second kappa shape index (κ2) is 6.40. The second-order valence-corrected chi connectivity index (χ2v) is 8.53. The van der Waals surface area contributed by atoms with Crippen LogP contribution < -0.4 is 0 Å². The molecule has 2 aromatic carbocycles. The molecule has 1 aliphatic carbocycles. The first-order valence-electron chi connectivity index (χ1n) is 10.0. The van der Waals surface area contributed by atoms with Gasteiger partial charge in [0, 0.05) is 22.2 Å². The van der Waals surface area contributed by atoms with Gasteiger partial charge in [0.15, 0.2) is 5.60 Å². The Morgan fingerprint density at radius 3 is 2.60 bits per heavy atom. The van der Waals surface area contributed by atoms with Gasteiger partial charge < -0.3 is 14.8 Å². The lowest BCUT2D eigenvalue weighted by Gasteiger charge is -2.41. The van der Waals surface area contributed by atoms with E-state index < -0.39 is 11.6 Å². The topological polar surface area (TPSA) is 91.1 Å². The number of benzene rings is 2. The molecule has 6 nitrogen and oxygen atoms in total. The Hall–Kier alpha value is -3.19. The standard InChI is InChI=1S/C23H22FN3O3/c1-12(2)21-20(14-9-23(30,10-14)22(28)29)17-8-18-13(11-25-26-18)7-19(17)27(21)16-5-3-15(24)4-6-16/h3-8,11-12,14,30H,9-10H2,1-2H3,(H,25,26)(H,28,29). The Kier molecular flexibility index (Phi) is 4.02. The van der Waals surface area contributed by atoms with E-state index in [2.05, 4.69) is 34.7 Å². The lowest BCUT2D eigenvalue weighted by molar-refractivity contribution is -0.169. The maximum Gasteiger partial charge on any atom is 0.335 e. The number of halogens is 1. The number of aromatic amines is 1. The number of nitrogens with one attached hydrogen (secondary N) is 1. The summed E-state index contributed by atoms with van der Waals surface area (Å²) in [5, 5.41) is 28.8. The zero-order valence-corrected chi connectivity index (χ0v) is 16.7. The van der Waals surface area contributed by atoms with Crippen molar-refractivity contribution in [3.05, 3.63) is 59.7 Å². The first-order valence-corrected chi connectivity index (χ1v) is 10.0. The van der Waals surface area contributed by atoms with Gasteiger partial charge in [0.25, 0.3) is 0 Å². The van der Waals surface area contributed by atoms with Crippen molar-refractivity contribution in [2.75, 3.05) is 0 Å². The number of aliphatic hydroxyl groups is 1. The number of carbonyl (C=O) groups is 1. The molecule has 0 unspecified atom stereocenters. The number of fused-ring (bicyclic) bond motifs is 2. The molecule has 0 spiro atoms. The molecule has 1 fully saturated rings. The first kappa shape index (κ1) is 18.8. The number of aromatic nitrogens is 3. The van der Waals surface area contributed by atoms with Gasteiger partial charge in [-0.15, -0.1) is 0 Å². The number of H-pyrrole nitrogens is 1. The highest BCUT2D eigenvalue weighted by Gasteiger charge is 2.51. The predicted octanol–water partition coefficient (Wildman–Crippen LogP) is 4.46. The Bertz CT molecular complexity index is 1280. The van der Waals surface area contributed by atoms with Crippen LogP contribution in [-0.2, 0) is 4.79 Å². The fourth-order valence-corrected chi connectivity index (χ4v) is 4.77. The van der Waals surface area contributed by atoms with E-state index >= 15 is 0 Å². The normalized spacial score (nSPS) is 21.4. The van der Waals surface area contributed by atoms with Gasteiger partial charge in [-0.05, 0) is 66.6 Å². The molecule has 0 saturated heterocycles. The maximum absolute atomic E-state index is 13.6. The highest BCUT2D eigenvalue weighted by atomic mass is 19.1. The molecule has 1 saturated carbocycles. The Balaban J connectivity index is 1.81. The number of nitrogens with zero attached hydrogens (tertiary/aromatic N) is 2. The fourth-order valence-electron chi connectivity index (χ4n) is 4.77. The minimum atomic E-state index is -1.68. The van der Waals surface area contributed by atoms with E-state index in [0.717, 1.165) is 38.8 Å². The van der Waals surface area contributed by atoms with Crippen molar-refractivity contribution in [2.24, 2.45) is 0 Å². The van der Waals surface area contributed by atoms with Crippen LogP contribution in [-0.4, -0.2) is 36.5 Å². The molecule has 4 aromatic rings. The highest BCUT2D eigenvalue weighted by molar-refractivity contribution is 5.99. The molecule has 0 atom stereocenters. The summed E-state index contributed by atoms with van der Waals surface area (Å²) in [6.45, 7) is 4.18. The minimum absolute atomic E-state index is 0.0759. The summed E-state index contributed by atoms with van der Waals surface area (Å²) in [6, 6.07) is 10.5. The predicted molar refractivity (Wildman–Crippen MR) is 112 cm³/mol. The lowest BCUT2D eigenvalue weighted by Crippen LogP contribution is -2.49. The van der Waals surface area contributed by atoms with Crippen molar-refractivity contribution < 1.29 is 19.4 Å². The SMILES string of the molecule is CC(C)c1c(C2CC(O)(C(=O)O)C2)c2cc3[nH]ncc3cc2n1-c1ccc(F)cc1. The zero-order chi connectivity index (χ0) is 21.2. The summed E-state index contributed by atoms with van der Waals surface area (Å²) >= 11 is 0. The van der Waals surface area contributed by atoms with Gasteiger partial charge in [-0.3, -0.25) is 5.10 Å². The van der Waals surface area contributed by atoms with Crippen molar-refractivity contribution >= 4 is 27.8 Å². The largest absolute Gasteiger partial charge is 0.479 e. The average molecular weight is 407 g/mol. The maximum atomic E-state index is 13.6. The van der Waals surface area contributed by atoms with Gasteiger partial charge in [0.1, 0.15) is 5.82 Å². The van der Waals surface area contributed by atoms with Crippen molar-refractivity contribution in [3.63, 3.8) is 0 Å². The number of carboxylic acids is 1. The van der Waals surface area contributed by atoms with E-state index in [0.29, 0.717) is 0 Å². The van der Waals surface area contributed by atoms with Gasteiger partial charge in [0.2, 0.25) is 0 Å². The van der Waals surface area contributed by atoms with Crippen LogP contribution in [0.3, 0.4) is 0 Å². The summed E-state index contributed by atoms with van der Waals surface area (Å²) in [6.07, 6.45) is 2.11. The summed E-state index contributed by atoms with van der Waals surface area (Å²) in [5.41, 5.74) is 3.11.